The van der Waals surface area contributed by atoms with Crippen molar-refractivity contribution in [1.29, 1.82) is 0 Å². The van der Waals surface area contributed by atoms with E-state index in [1.165, 1.54) is 4.90 Å². The number of rotatable bonds is 4. The van der Waals surface area contributed by atoms with Crippen LogP contribution in [-0.4, -0.2) is 98.9 Å². The summed E-state index contributed by atoms with van der Waals surface area (Å²) in [5, 5.41) is 29.0. The van der Waals surface area contributed by atoms with Crippen LogP contribution >= 0.6 is 0 Å². The second-order valence-corrected chi connectivity index (χ2v) is 11.2. The number of imide groups is 1. The van der Waals surface area contributed by atoms with Crippen LogP contribution < -0.4 is 26.8 Å². The van der Waals surface area contributed by atoms with Gasteiger partial charge in [-0.2, -0.15) is 0 Å². The van der Waals surface area contributed by atoms with Crippen LogP contribution in [0.3, 0.4) is 0 Å². The maximum absolute atomic E-state index is 13.6. The molecule has 1 aromatic rings. The quantitative estimate of drug-likeness (QED) is 0.174. The SMILES string of the molecule is NC1=NC2[C@H](CN3C(=O)CCC3=O)N=C(N)N3CC(NC(=O)c4cccc5c4OCCC54CC4)C(O)(O)[C@]23N1. The zero-order valence-corrected chi connectivity index (χ0v) is 21.1. The van der Waals surface area contributed by atoms with Crippen LogP contribution in [0, 0.1) is 0 Å². The van der Waals surface area contributed by atoms with Crippen molar-refractivity contribution in [3.8, 4) is 5.75 Å². The van der Waals surface area contributed by atoms with Gasteiger partial charge in [0.15, 0.2) is 17.6 Å². The van der Waals surface area contributed by atoms with Crippen molar-refractivity contribution in [1.82, 2.24) is 20.4 Å². The molecule has 2 unspecified atom stereocenters. The Kier molecular flexibility index (Phi) is 4.84. The summed E-state index contributed by atoms with van der Waals surface area (Å²) in [5.41, 5.74) is 11.9. The predicted molar refractivity (Wildman–Crippen MR) is 135 cm³/mol. The van der Waals surface area contributed by atoms with Crippen LogP contribution in [0.4, 0.5) is 0 Å². The standard InChI is InChI=1S/C25H30N8O6/c26-21-30-19-14(10-32-16(34)4-5-17(32)35)28-22(27)33-11-15(25(37,38)24(19,33)31-21)29-20(36)12-2-1-3-13-18(12)39-9-8-23(13)6-7-23/h1-3,14-15,19,37-38H,4-11H2,(H2,27,28)(H,29,36)(H3,26,30,31)/t14-,15?,19?,24-/m0/s1. The highest BCUT2D eigenvalue weighted by Gasteiger charge is 2.73. The normalized spacial score (nSPS) is 33.0. The molecule has 14 heteroatoms. The van der Waals surface area contributed by atoms with Crippen molar-refractivity contribution in [2.24, 2.45) is 21.5 Å². The van der Waals surface area contributed by atoms with Gasteiger partial charge in [-0.1, -0.05) is 12.1 Å². The fraction of sp³-hybridized carbons (Fsp3) is 0.560. The topological polar surface area (TPSA) is 208 Å². The summed E-state index contributed by atoms with van der Waals surface area (Å²) in [6, 6.07) is 2.29. The van der Waals surface area contributed by atoms with Gasteiger partial charge in [-0.25, -0.2) is 9.98 Å². The van der Waals surface area contributed by atoms with Gasteiger partial charge in [-0.3, -0.25) is 19.3 Å². The number of likely N-dealkylation sites (tertiary alicyclic amines) is 1. The maximum atomic E-state index is 13.6. The Balaban J connectivity index is 1.20. The zero-order chi connectivity index (χ0) is 27.3. The molecule has 6 aliphatic rings. The third kappa shape index (κ3) is 3.18. The molecule has 14 nitrogen and oxygen atoms in total. The number of aliphatic imine (C=N–C) groups is 2. The van der Waals surface area contributed by atoms with E-state index in [-0.39, 0.29) is 55.1 Å². The van der Waals surface area contributed by atoms with Crippen LogP contribution in [-0.2, 0) is 15.0 Å². The third-order valence-electron chi connectivity index (χ3n) is 9.14. The lowest BCUT2D eigenvalue weighted by Gasteiger charge is -2.49. The molecule has 3 amide bonds. The minimum absolute atomic E-state index is 0.0580. The summed E-state index contributed by atoms with van der Waals surface area (Å²) in [4.78, 5) is 49.5. The van der Waals surface area contributed by atoms with Crippen molar-refractivity contribution in [2.75, 3.05) is 19.7 Å². The van der Waals surface area contributed by atoms with E-state index < -0.39 is 35.5 Å². The number of carbonyl (C=O) groups excluding carboxylic acids is 3. The molecule has 39 heavy (non-hydrogen) atoms. The minimum Gasteiger partial charge on any atom is -0.492 e. The van der Waals surface area contributed by atoms with E-state index in [4.69, 9.17) is 16.2 Å². The second kappa shape index (κ2) is 7.82. The van der Waals surface area contributed by atoms with Crippen molar-refractivity contribution in [2.45, 2.75) is 67.1 Å². The van der Waals surface area contributed by atoms with Crippen LogP contribution in [0.2, 0.25) is 0 Å². The van der Waals surface area contributed by atoms with Crippen LogP contribution in [0.5, 0.6) is 5.75 Å². The molecule has 0 radical (unpaired) electrons. The van der Waals surface area contributed by atoms with Gasteiger partial charge < -0.3 is 42.0 Å². The predicted octanol–water partition coefficient (Wildman–Crippen LogP) is -2.58. The Morgan fingerprint density at radius 3 is 2.62 bits per heavy atom. The van der Waals surface area contributed by atoms with Crippen molar-refractivity contribution >= 4 is 29.6 Å². The van der Waals surface area contributed by atoms with E-state index >= 15 is 0 Å². The molecule has 5 heterocycles. The van der Waals surface area contributed by atoms with Gasteiger partial charge in [0, 0.05) is 30.4 Å². The molecular formula is C25H30N8O6. The molecule has 0 bridgehead atoms. The Morgan fingerprint density at radius 1 is 1.15 bits per heavy atom. The number of para-hydroxylation sites is 1. The first-order valence-electron chi connectivity index (χ1n) is 13.1. The summed E-state index contributed by atoms with van der Waals surface area (Å²) in [5.74, 6) is -3.47. The van der Waals surface area contributed by atoms with E-state index in [1.807, 2.05) is 12.1 Å². The fourth-order valence-electron chi connectivity index (χ4n) is 6.93. The van der Waals surface area contributed by atoms with Crippen LogP contribution in [0.25, 0.3) is 0 Å². The number of carbonyl (C=O) groups is 3. The Hall–Kier alpha value is -3.91. The highest BCUT2D eigenvalue weighted by atomic mass is 16.5. The highest BCUT2D eigenvalue weighted by Crippen LogP contribution is 2.56. The summed E-state index contributed by atoms with van der Waals surface area (Å²) in [7, 11) is 0. The van der Waals surface area contributed by atoms with Crippen LogP contribution in [0.1, 0.15) is 48.0 Å². The second-order valence-electron chi connectivity index (χ2n) is 11.2. The monoisotopic (exact) mass is 538 g/mol. The van der Waals surface area contributed by atoms with E-state index in [0.717, 1.165) is 29.7 Å². The number of aliphatic hydroxyl groups is 2. The van der Waals surface area contributed by atoms with Gasteiger partial charge in [0.05, 0.1) is 24.8 Å². The molecule has 7 rings (SSSR count). The minimum atomic E-state index is -2.64. The Morgan fingerprint density at radius 2 is 1.90 bits per heavy atom. The maximum Gasteiger partial charge on any atom is 0.255 e. The van der Waals surface area contributed by atoms with Crippen molar-refractivity contribution in [3.63, 3.8) is 0 Å². The molecule has 1 saturated carbocycles. The zero-order valence-electron chi connectivity index (χ0n) is 21.1. The highest BCUT2D eigenvalue weighted by molar-refractivity contribution is 6.02. The van der Waals surface area contributed by atoms with Crippen molar-refractivity contribution < 1.29 is 29.3 Å². The van der Waals surface area contributed by atoms with E-state index in [1.54, 1.807) is 6.07 Å². The lowest BCUT2D eigenvalue weighted by atomic mass is 9.84. The molecule has 2 saturated heterocycles. The molecule has 206 valence electrons. The van der Waals surface area contributed by atoms with Gasteiger partial charge in [0.25, 0.3) is 5.91 Å². The number of hydrogen-bond donors (Lipinski definition) is 6. The molecule has 4 atom stereocenters. The summed E-state index contributed by atoms with van der Waals surface area (Å²) in [6.07, 6.45) is 3.21. The molecule has 2 spiro atoms. The smallest absolute Gasteiger partial charge is 0.255 e. The van der Waals surface area contributed by atoms with E-state index in [9.17, 15) is 24.6 Å². The lowest BCUT2D eigenvalue weighted by molar-refractivity contribution is -0.230. The Labute approximate surface area is 223 Å². The average Bonchev–Trinajstić information content (AvgIpc) is 3.38. The number of fused-ring (bicyclic) bond motifs is 2. The first-order chi connectivity index (χ1) is 18.6. The van der Waals surface area contributed by atoms with E-state index in [2.05, 4.69) is 20.6 Å². The van der Waals surface area contributed by atoms with Gasteiger partial charge in [0.2, 0.25) is 17.6 Å². The Bertz CT molecular complexity index is 1360. The first kappa shape index (κ1) is 24.2. The number of nitrogens with one attached hydrogen (secondary N) is 2. The van der Waals surface area contributed by atoms with Gasteiger partial charge in [-0.15, -0.1) is 0 Å². The summed E-state index contributed by atoms with van der Waals surface area (Å²) in [6.45, 7) is 0.258. The summed E-state index contributed by atoms with van der Waals surface area (Å²) < 4.78 is 5.91. The molecule has 0 aromatic heterocycles. The molecular weight excluding hydrogens is 508 g/mol. The van der Waals surface area contributed by atoms with E-state index in [0.29, 0.717) is 17.9 Å². The number of amides is 3. The number of benzene rings is 1. The van der Waals surface area contributed by atoms with Gasteiger partial charge in [0.1, 0.15) is 17.8 Å². The molecule has 5 aliphatic heterocycles. The molecule has 8 N–H and O–H groups in total. The van der Waals surface area contributed by atoms with Crippen molar-refractivity contribution in [3.05, 3.63) is 29.3 Å². The fourth-order valence-corrected chi connectivity index (χ4v) is 6.93. The number of hydrogen-bond acceptors (Lipinski definition) is 12. The lowest BCUT2D eigenvalue weighted by Crippen LogP contribution is -2.78. The van der Waals surface area contributed by atoms with Crippen LogP contribution in [0.15, 0.2) is 28.2 Å². The first-order valence-corrected chi connectivity index (χ1v) is 13.1. The number of guanidine groups is 2. The number of ether oxygens (including phenoxy) is 1. The number of nitrogens with two attached hydrogens (primary N) is 2. The largest absolute Gasteiger partial charge is 0.492 e. The van der Waals surface area contributed by atoms with Gasteiger partial charge in [-0.05, 0) is 25.3 Å². The third-order valence-corrected chi connectivity index (χ3v) is 9.14. The summed E-state index contributed by atoms with van der Waals surface area (Å²) >= 11 is 0. The van der Waals surface area contributed by atoms with Gasteiger partial charge >= 0.3 is 0 Å². The molecule has 3 fully saturated rings. The molecule has 1 aliphatic carbocycles. The average molecular weight is 539 g/mol. The number of nitrogens with zero attached hydrogens (tertiary/aromatic N) is 4. The molecule has 1 aromatic carbocycles.